The van der Waals surface area contributed by atoms with Crippen LogP contribution in [-0.2, 0) is 16.0 Å². The Morgan fingerprint density at radius 1 is 1.31 bits per heavy atom. The Balaban J connectivity index is 1.94. The average Bonchev–Trinajstić information content (AvgIpc) is 3.24. The van der Waals surface area contributed by atoms with Crippen molar-refractivity contribution < 1.29 is 23.5 Å². The van der Waals surface area contributed by atoms with Crippen LogP contribution >= 0.6 is 11.3 Å². The molecule has 0 unspecified atom stereocenters. The highest BCUT2D eigenvalue weighted by molar-refractivity contribution is 7.15. The maximum Gasteiger partial charge on any atom is 0.341 e. The van der Waals surface area contributed by atoms with Crippen molar-refractivity contribution in [3.05, 3.63) is 40.7 Å². The first kappa shape index (κ1) is 19.7. The van der Waals surface area contributed by atoms with Crippen molar-refractivity contribution in [2.75, 3.05) is 19.0 Å². The van der Waals surface area contributed by atoms with Crippen molar-refractivity contribution in [1.82, 2.24) is 5.32 Å². The smallest absolute Gasteiger partial charge is 0.341 e. The summed E-state index contributed by atoms with van der Waals surface area (Å²) in [6.45, 7) is 4.26. The summed E-state index contributed by atoms with van der Waals surface area (Å²) in [6.07, 6.45) is 2.20. The number of thiophene rings is 1. The molecule has 0 fully saturated rings. The van der Waals surface area contributed by atoms with Crippen molar-refractivity contribution in [3.8, 4) is 0 Å². The zero-order valence-corrected chi connectivity index (χ0v) is 15.8. The molecule has 0 saturated heterocycles. The van der Waals surface area contributed by atoms with Gasteiger partial charge >= 0.3 is 5.97 Å². The van der Waals surface area contributed by atoms with E-state index in [2.05, 4.69) is 24.5 Å². The molecule has 2 amide bonds. The van der Waals surface area contributed by atoms with Crippen LogP contribution in [0.15, 0.2) is 28.2 Å². The molecular formula is C18H22N2O5S. The maximum atomic E-state index is 12.1. The van der Waals surface area contributed by atoms with Crippen LogP contribution in [0.1, 0.15) is 46.7 Å². The van der Waals surface area contributed by atoms with E-state index >= 15 is 0 Å². The number of hydrogen-bond donors (Lipinski definition) is 2. The third-order valence-electron chi connectivity index (χ3n) is 3.52. The number of methoxy groups -OCH3 is 1. The topological polar surface area (TPSA) is 97.6 Å². The second-order valence-corrected chi connectivity index (χ2v) is 6.97. The van der Waals surface area contributed by atoms with Crippen LogP contribution in [-0.4, -0.2) is 31.4 Å². The molecule has 0 radical (unpaired) electrons. The fraction of sp³-hybridized carbons (Fsp3) is 0.389. The number of carbonyl (C=O) groups is 3. The first-order valence-corrected chi connectivity index (χ1v) is 9.10. The SMILES string of the molecule is COC(=O)c1c(CC(C)C)csc1NC(=O)CCNC(=O)c1ccco1. The number of carbonyl (C=O) groups excluding carboxylic acids is 3. The van der Waals surface area contributed by atoms with Crippen LogP contribution in [0.5, 0.6) is 0 Å². The van der Waals surface area contributed by atoms with Crippen molar-refractivity contribution in [2.24, 2.45) is 5.92 Å². The number of furan rings is 1. The van der Waals surface area contributed by atoms with Gasteiger partial charge in [-0.2, -0.15) is 0 Å². The minimum atomic E-state index is -0.469. The molecule has 0 aliphatic rings. The van der Waals surface area contributed by atoms with Crippen LogP contribution in [0, 0.1) is 5.92 Å². The fourth-order valence-corrected chi connectivity index (χ4v) is 3.35. The van der Waals surface area contributed by atoms with Crippen molar-refractivity contribution >= 4 is 34.1 Å². The average molecular weight is 378 g/mol. The molecule has 2 rings (SSSR count). The summed E-state index contributed by atoms with van der Waals surface area (Å²) in [5.41, 5.74) is 1.26. The molecule has 0 bridgehead atoms. The summed E-state index contributed by atoms with van der Waals surface area (Å²) in [4.78, 5) is 36.0. The summed E-state index contributed by atoms with van der Waals surface area (Å²) in [5, 5.41) is 7.66. The largest absolute Gasteiger partial charge is 0.465 e. The minimum Gasteiger partial charge on any atom is -0.465 e. The molecule has 0 aliphatic heterocycles. The predicted octanol–water partition coefficient (Wildman–Crippen LogP) is 3.08. The lowest BCUT2D eigenvalue weighted by Crippen LogP contribution is -2.27. The van der Waals surface area contributed by atoms with Crippen LogP contribution in [0.25, 0.3) is 0 Å². The zero-order valence-electron chi connectivity index (χ0n) is 15.0. The van der Waals surface area contributed by atoms with Crippen LogP contribution in [0.4, 0.5) is 5.00 Å². The van der Waals surface area contributed by atoms with Gasteiger partial charge in [-0.15, -0.1) is 11.3 Å². The van der Waals surface area contributed by atoms with Crippen LogP contribution < -0.4 is 10.6 Å². The quantitative estimate of drug-likeness (QED) is 0.688. The number of hydrogen-bond acceptors (Lipinski definition) is 6. The third kappa shape index (κ3) is 5.19. The molecule has 0 spiro atoms. The Bertz CT molecular complexity index is 765. The lowest BCUT2D eigenvalue weighted by molar-refractivity contribution is -0.116. The highest BCUT2D eigenvalue weighted by Gasteiger charge is 2.21. The normalized spacial score (nSPS) is 10.6. The molecule has 140 valence electrons. The van der Waals surface area contributed by atoms with Gasteiger partial charge in [-0.25, -0.2) is 4.79 Å². The number of esters is 1. The van der Waals surface area contributed by atoms with Crippen LogP contribution in [0.3, 0.4) is 0 Å². The first-order valence-electron chi connectivity index (χ1n) is 8.22. The molecule has 2 heterocycles. The van der Waals surface area contributed by atoms with Crippen molar-refractivity contribution in [3.63, 3.8) is 0 Å². The molecule has 7 nitrogen and oxygen atoms in total. The summed E-state index contributed by atoms with van der Waals surface area (Å²) < 4.78 is 9.82. The summed E-state index contributed by atoms with van der Waals surface area (Å²) in [5.74, 6) is -0.590. The van der Waals surface area contributed by atoms with E-state index < -0.39 is 5.97 Å². The van der Waals surface area contributed by atoms with Gasteiger partial charge in [0.05, 0.1) is 18.9 Å². The first-order chi connectivity index (χ1) is 12.4. The zero-order chi connectivity index (χ0) is 19.1. The molecule has 2 aromatic heterocycles. The summed E-state index contributed by atoms with van der Waals surface area (Å²) in [6, 6.07) is 3.15. The maximum absolute atomic E-state index is 12.1. The lowest BCUT2D eigenvalue weighted by Gasteiger charge is -2.09. The number of anilines is 1. The monoisotopic (exact) mass is 378 g/mol. The minimum absolute atomic E-state index is 0.0739. The van der Waals surface area contributed by atoms with E-state index in [1.807, 2.05) is 5.38 Å². The Kier molecular flexibility index (Phi) is 6.97. The summed E-state index contributed by atoms with van der Waals surface area (Å²) >= 11 is 1.29. The lowest BCUT2D eigenvalue weighted by atomic mass is 10.0. The standard InChI is InChI=1S/C18H22N2O5S/c1-11(2)9-12-10-26-17(15(12)18(23)24-3)20-14(21)6-7-19-16(22)13-5-4-8-25-13/h4-5,8,10-11H,6-7,9H2,1-3H3,(H,19,22)(H,20,21). The Hall–Kier alpha value is -2.61. The third-order valence-corrected chi connectivity index (χ3v) is 4.46. The van der Waals surface area contributed by atoms with Crippen molar-refractivity contribution in [2.45, 2.75) is 26.7 Å². The molecule has 8 heteroatoms. The predicted molar refractivity (Wildman–Crippen MR) is 98.5 cm³/mol. The second kappa shape index (κ2) is 9.19. The van der Waals surface area contributed by atoms with Gasteiger partial charge in [0.2, 0.25) is 5.91 Å². The Labute approximate surface area is 155 Å². The summed E-state index contributed by atoms with van der Waals surface area (Å²) in [7, 11) is 1.31. The van der Waals surface area contributed by atoms with Gasteiger partial charge in [0.15, 0.2) is 5.76 Å². The molecular weight excluding hydrogens is 356 g/mol. The highest BCUT2D eigenvalue weighted by atomic mass is 32.1. The van der Waals surface area contributed by atoms with E-state index in [0.29, 0.717) is 16.5 Å². The Morgan fingerprint density at radius 2 is 2.08 bits per heavy atom. The van der Waals surface area contributed by atoms with Gasteiger partial charge in [-0.3, -0.25) is 9.59 Å². The number of ether oxygens (including phenoxy) is 1. The number of nitrogens with one attached hydrogen (secondary N) is 2. The van der Waals surface area contributed by atoms with Gasteiger partial charge in [-0.1, -0.05) is 13.8 Å². The van der Waals surface area contributed by atoms with E-state index in [1.54, 1.807) is 12.1 Å². The van der Waals surface area contributed by atoms with Gasteiger partial charge in [0.25, 0.3) is 5.91 Å². The number of rotatable bonds is 8. The van der Waals surface area contributed by atoms with Gasteiger partial charge in [-0.05, 0) is 35.4 Å². The van der Waals surface area contributed by atoms with E-state index in [0.717, 1.165) is 12.0 Å². The van der Waals surface area contributed by atoms with E-state index in [4.69, 9.17) is 9.15 Å². The number of amides is 2. The van der Waals surface area contributed by atoms with Gasteiger partial charge < -0.3 is 19.8 Å². The van der Waals surface area contributed by atoms with Crippen LogP contribution in [0.2, 0.25) is 0 Å². The molecule has 2 N–H and O–H groups in total. The van der Waals surface area contributed by atoms with E-state index in [1.165, 1.54) is 24.7 Å². The molecule has 0 aromatic carbocycles. The highest BCUT2D eigenvalue weighted by Crippen LogP contribution is 2.30. The molecule has 26 heavy (non-hydrogen) atoms. The van der Waals surface area contributed by atoms with E-state index in [-0.39, 0.29) is 30.5 Å². The fourth-order valence-electron chi connectivity index (χ4n) is 2.38. The Morgan fingerprint density at radius 3 is 2.69 bits per heavy atom. The molecule has 0 aliphatic carbocycles. The van der Waals surface area contributed by atoms with Gasteiger partial charge in [0, 0.05) is 13.0 Å². The van der Waals surface area contributed by atoms with Crippen molar-refractivity contribution in [1.29, 1.82) is 0 Å². The molecule has 0 atom stereocenters. The van der Waals surface area contributed by atoms with Gasteiger partial charge in [0.1, 0.15) is 5.00 Å². The van der Waals surface area contributed by atoms with E-state index in [9.17, 15) is 14.4 Å². The molecule has 0 saturated carbocycles. The molecule has 2 aromatic rings. The second-order valence-electron chi connectivity index (χ2n) is 6.09.